The molecule has 3 atom stereocenters. The van der Waals surface area contributed by atoms with Gasteiger partial charge >= 0.3 is 5.69 Å². The molecular weight excluding hydrogens is 456 g/mol. The Bertz CT molecular complexity index is 1510. The first-order valence-corrected chi connectivity index (χ1v) is 12.5. The monoisotopic (exact) mass is 488 g/mol. The van der Waals surface area contributed by atoms with Gasteiger partial charge in [0.2, 0.25) is 5.95 Å². The predicted octanol–water partition coefficient (Wildman–Crippen LogP) is 2.29. The molecule has 36 heavy (non-hydrogen) atoms. The number of hydrogen-bond donors (Lipinski definition) is 0. The average Bonchev–Trinajstić information content (AvgIpc) is 3.47. The molecule has 1 fully saturated rings. The molecule has 0 amide bonds. The first-order chi connectivity index (χ1) is 17.3. The van der Waals surface area contributed by atoms with Crippen LogP contribution >= 0.6 is 0 Å². The van der Waals surface area contributed by atoms with Gasteiger partial charge in [-0.2, -0.15) is 25.0 Å². The predicted molar refractivity (Wildman–Crippen MR) is 136 cm³/mol. The lowest BCUT2D eigenvalue weighted by molar-refractivity contribution is 0.0980. The molecule has 0 unspecified atom stereocenters. The van der Waals surface area contributed by atoms with Crippen LogP contribution in [-0.4, -0.2) is 63.8 Å². The molecule has 4 aromatic heterocycles. The molecule has 11 nitrogen and oxygen atoms in total. The number of piperazine rings is 1. The highest BCUT2D eigenvalue weighted by Gasteiger charge is 2.37. The highest BCUT2D eigenvalue weighted by atomic mass is 16.1. The van der Waals surface area contributed by atoms with Crippen molar-refractivity contribution in [3.63, 3.8) is 0 Å². The molecular formula is C25H32N10O. The zero-order chi connectivity index (χ0) is 25.6. The van der Waals surface area contributed by atoms with Gasteiger partial charge in [-0.3, -0.25) is 9.47 Å². The molecule has 0 aromatic carbocycles. The Morgan fingerprint density at radius 3 is 2.64 bits per heavy atom. The van der Waals surface area contributed by atoms with E-state index in [1.807, 2.05) is 23.7 Å². The van der Waals surface area contributed by atoms with Crippen molar-refractivity contribution in [1.29, 1.82) is 5.26 Å². The van der Waals surface area contributed by atoms with E-state index < -0.39 is 0 Å². The molecule has 1 saturated heterocycles. The van der Waals surface area contributed by atoms with Gasteiger partial charge < -0.3 is 4.90 Å². The van der Waals surface area contributed by atoms with Crippen LogP contribution in [-0.2, 0) is 13.5 Å². The Hall–Kier alpha value is -3.78. The smallest absolute Gasteiger partial charge is 0.335 e. The van der Waals surface area contributed by atoms with Gasteiger partial charge in [-0.25, -0.2) is 14.3 Å². The summed E-state index contributed by atoms with van der Waals surface area (Å²) in [6.07, 6.45) is 3.99. The maximum absolute atomic E-state index is 12.8. The van der Waals surface area contributed by atoms with Crippen molar-refractivity contribution in [2.75, 3.05) is 18.0 Å². The summed E-state index contributed by atoms with van der Waals surface area (Å²) in [5.41, 5.74) is 3.77. The van der Waals surface area contributed by atoms with Crippen LogP contribution in [0.1, 0.15) is 56.7 Å². The van der Waals surface area contributed by atoms with Crippen molar-refractivity contribution in [3.05, 3.63) is 52.0 Å². The second kappa shape index (κ2) is 9.35. The van der Waals surface area contributed by atoms with E-state index in [0.717, 1.165) is 43.0 Å². The number of hydrogen-bond acceptors (Lipinski definition) is 8. The summed E-state index contributed by atoms with van der Waals surface area (Å²) in [4.78, 5) is 26.9. The molecule has 1 aliphatic heterocycles. The fourth-order valence-electron chi connectivity index (χ4n) is 5.28. The summed E-state index contributed by atoms with van der Waals surface area (Å²) < 4.78 is 5.01. The van der Waals surface area contributed by atoms with Crippen molar-refractivity contribution in [2.24, 2.45) is 7.05 Å². The largest absolute Gasteiger partial charge is 0.352 e. The van der Waals surface area contributed by atoms with E-state index in [1.54, 1.807) is 17.6 Å². The van der Waals surface area contributed by atoms with Gasteiger partial charge in [0, 0.05) is 56.6 Å². The van der Waals surface area contributed by atoms with Gasteiger partial charge in [-0.05, 0) is 32.8 Å². The van der Waals surface area contributed by atoms with Crippen LogP contribution in [0.25, 0.3) is 11.3 Å². The summed E-state index contributed by atoms with van der Waals surface area (Å²) in [5, 5.41) is 18.2. The molecule has 0 radical (unpaired) electrons. The molecule has 0 saturated carbocycles. The minimum atomic E-state index is -0.326. The van der Waals surface area contributed by atoms with Crippen LogP contribution < -0.4 is 10.6 Å². The first kappa shape index (κ1) is 23.9. The van der Waals surface area contributed by atoms with Gasteiger partial charge in [-0.15, -0.1) is 0 Å². The van der Waals surface area contributed by atoms with Crippen molar-refractivity contribution >= 4 is 17.2 Å². The van der Waals surface area contributed by atoms with Gasteiger partial charge in [0.1, 0.15) is 5.65 Å². The summed E-state index contributed by atoms with van der Waals surface area (Å²) in [7, 11) is 1.68. The Balaban J connectivity index is 1.50. The van der Waals surface area contributed by atoms with Gasteiger partial charge in [0.25, 0.3) is 0 Å². The van der Waals surface area contributed by atoms with E-state index in [-0.39, 0.29) is 30.2 Å². The zero-order valence-electron chi connectivity index (χ0n) is 21.5. The lowest BCUT2D eigenvalue weighted by Gasteiger charge is -2.48. The van der Waals surface area contributed by atoms with Crippen LogP contribution in [0.2, 0.25) is 0 Å². The molecule has 0 spiro atoms. The van der Waals surface area contributed by atoms with Gasteiger partial charge in [0.15, 0.2) is 5.65 Å². The Morgan fingerprint density at radius 1 is 1.14 bits per heavy atom. The topological polar surface area (TPSA) is 113 Å². The molecule has 0 bridgehead atoms. The Kier molecular flexibility index (Phi) is 6.22. The Labute approximate surface area is 209 Å². The fraction of sp³-hybridized carbons (Fsp3) is 0.520. The van der Waals surface area contributed by atoms with E-state index >= 15 is 0 Å². The van der Waals surface area contributed by atoms with E-state index in [9.17, 15) is 4.79 Å². The Morgan fingerprint density at radius 2 is 1.92 bits per heavy atom. The van der Waals surface area contributed by atoms with E-state index in [4.69, 9.17) is 10.2 Å². The number of nitriles is 1. The van der Waals surface area contributed by atoms with E-state index in [0.29, 0.717) is 17.3 Å². The molecule has 4 aromatic rings. The molecule has 5 rings (SSSR count). The molecule has 188 valence electrons. The summed E-state index contributed by atoms with van der Waals surface area (Å²) in [6.45, 7) is 10.1. The summed E-state index contributed by atoms with van der Waals surface area (Å²) in [5.74, 6) is 0.546. The number of aryl methyl sites for hydroxylation is 2. The number of rotatable bonds is 6. The van der Waals surface area contributed by atoms with Crippen LogP contribution in [0.15, 0.2) is 29.2 Å². The van der Waals surface area contributed by atoms with Crippen molar-refractivity contribution in [2.45, 2.75) is 65.1 Å². The molecule has 5 heterocycles. The highest BCUT2D eigenvalue weighted by Crippen LogP contribution is 2.31. The van der Waals surface area contributed by atoms with Crippen molar-refractivity contribution in [1.82, 2.24) is 38.7 Å². The third-order valence-electron chi connectivity index (χ3n) is 7.35. The van der Waals surface area contributed by atoms with Crippen molar-refractivity contribution < 1.29 is 0 Å². The summed E-state index contributed by atoms with van der Waals surface area (Å²) in [6, 6.07) is 8.49. The second-order valence-electron chi connectivity index (χ2n) is 9.58. The van der Waals surface area contributed by atoms with Crippen LogP contribution in [0.3, 0.4) is 0 Å². The lowest BCUT2D eigenvalue weighted by Crippen LogP contribution is -2.59. The standard InChI is InChI=1S/C25H32N10O/c1-6-19-15-33(24-28-25(36)31(5)23-13-18(8-10-26)30-35(23)24)20(7-2)14-32(19)17(4)21-9-11-34-22(27-21)12-16(3)29-34/h9,11-13,17,19-20H,6-8,14-15H2,1-5H3/t17-,19-,20+/m1/s1. The molecule has 0 N–H and O–H groups in total. The van der Waals surface area contributed by atoms with Gasteiger partial charge in [0.05, 0.1) is 29.6 Å². The fourth-order valence-corrected chi connectivity index (χ4v) is 5.28. The number of aromatic nitrogens is 7. The molecule has 0 aliphatic carbocycles. The number of fused-ring (bicyclic) bond motifs is 2. The van der Waals surface area contributed by atoms with E-state index in [1.165, 1.54) is 4.57 Å². The zero-order valence-corrected chi connectivity index (χ0v) is 21.5. The maximum Gasteiger partial charge on any atom is 0.352 e. The number of anilines is 1. The van der Waals surface area contributed by atoms with E-state index in [2.05, 4.69) is 57.9 Å². The normalized spacial score (nSPS) is 19.7. The average molecular weight is 489 g/mol. The quantitative estimate of drug-likeness (QED) is 0.406. The molecule has 11 heteroatoms. The number of nitrogens with zero attached hydrogens (tertiary/aromatic N) is 10. The van der Waals surface area contributed by atoms with Crippen LogP contribution in [0.4, 0.5) is 5.95 Å². The third-order valence-corrected chi connectivity index (χ3v) is 7.35. The third kappa shape index (κ3) is 4.01. The van der Waals surface area contributed by atoms with Crippen LogP contribution in [0, 0.1) is 18.3 Å². The van der Waals surface area contributed by atoms with Crippen molar-refractivity contribution in [3.8, 4) is 6.07 Å². The second-order valence-corrected chi connectivity index (χ2v) is 9.58. The lowest BCUT2D eigenvalue weighted by atomic mass is 9.99. The highest BCUT2D eigenvalue weighted by molar-refractivity contribution is 5.48. The molecule has 1 aliphatic rings. The van der Waals surface area contributed by atoms with Crippen LogP contribution in [0.5, 0.6) is 0 Å². The van der Waals surface area contributed by atoms with Gasteiger partial charge in [-0.1, -0.05) is 13.8 Å². The SMILES string of the molecule is CC[C@H]1CN([C@H](C)c2ccn3nc(C)cc3n2)[C@H](CC)CN1c1nc(=O)n(C)c2cc(CC#N)nn12. The minimum absolute atomic E-state index is 0.120. The minimum Gasteiger partial charge on any atom is -0.335 e. The first-order valence-electron chi connectivity index (χ1n) is 12.5. The summed E-state index contributed by atoms with van der Waals surface area (Å²) >= 11 is 0. The maximum atomic E-state index is 12.8.